The summed E-state index contributed by atoms with van der Waals surface area (Å²) < 4.78 is 10.7. The molecule has 0 aliphatic carbocycles. The van der Waals surface area contributed by atoms with Gasteiger partial charge >= 0.3 is 0 Å². The van der Waals surface area contributed by atoms with Crippen LogP contribution in [0.2, 0.25) is 0 Å². The lowest BCUT2D eigenvalue weighted by Crippen LogP contribution is -2.39. The standard InChI is InChI=1S/C22H28N2O4/c1-16(2)18-9-11-19(12-10-18)24(17(3)25)14-13-23-22(26)15-28-21-8-6-5-7-20(21)27-4/h5-12,16H,13-15H2,1-4H3,(H,23,26). The fraction of sp³-hybridized carbons (Fsp3) is 0.364. The van der Waals surface area contributed by atoms with Gasteiger partial charge < -0.3 is 19.7 Å². The van der Waals surface area contributed by atoms with E-state index in [0.29, 0.717) is 30.5 Å². The van der Waals surface area contributed by atoms with E-state index in [1.165, 1.54) is 12.5 Å². The maximum atomic E-state index is 12.0. The van der Waals surface area contributed by atoms with Crippen LogP contribution in [0.4, 0.5) is 5.69 Å². The van der Waals surface area contributed by atoms with Crippen LogP contribution >= 0.6 is 0 Å². The number of nitrogens with one attached hydrogen (secondary N) is 1. The highest BCUT2D eigenvalue weighted by Crippen LogP contribution is 2.25. The molecule has 28 heavy (non-hydrogen) atoms. The van der Waals surface area contributed by atoms with Crippen molar-refractivity contribution < 1.29 is 19.1 Å². The Balaban J connectivity index is 1.85. The van der Waals surface area contributed by atoms with Gasteiger partial charge in [0.15, 0.2) is 18.1 Å². The molecule has 0 unspecified atom stereocenters. The molecular formula is C22H28N2O4. The van der Waals surface area contributed by atoms with Crippen LogP contribution in [-0.4, -0.2) is 38.6 Å². The molecule has 0 aliphatic rings. The predicted octanol–water partition coefficient (Wildman–Crippen LogP) is 3.37. The third-order valence-corrected chi connectivity index (χ3v) is 4.34. The topological polar surface area (TPSA) is 67.9 Å². The Hall–Kier alpha value is -3.02. The average molecular weight is 384 g/mol. The first-order valence-electron chi connectivity index (χ1n) is 9.33. The minimum atomic E-state index is -0.260. The van der Waals surface area contributed by atoms with Crippen LogP contribution in [0.5, 0.6) is 11.5 Å². The lowest BCUT2D eigenvalue weighted by Gasteiger charge is -2.22. The van der Waals surface area contributed by atoms with Gasteiger partial charge in [-0.25, -0.2) is 0 Å². The van der Waals surface area contributed by atoms with Gasteiger partial charge in [0.25, 0.3) is 5.91 Å². The molecule has 1 N–H and O–H groups in total. The van der Waals surface area contributed by atoms with Crippen LogP contribution in [-0.2, 0) is 9.59 Å². The number of carbonyl (C=O) groups is 2. The monoisotopic (exact) mass is 384 g/mol. The number of methoxy groups -OCH3 is 1. The Kier molecular flexibility index (Phi) is 7.87. The van der Waals surface area contributed by atoms with Crippen molar-refractivity contribution in [2.24, 2.45) is 0 Å². The Labute approximate surface area is 166 Å². The molecule has 150 valence electrons. The van der Waals surface area contributed by atoms with Crippen molar-refractivity contribution in [2.75, 3.05) is 31.7 Å². The van der Waals surface area contributed by atoms with E-state index in [1.54, 1.807) is 24.1 Å². The number of para-hydroxylation sites is 2. The zero-order valence-electron chi connectivity index (χ0n) is 16.9. The van der Waals surface area contributed by atoms with E-state index in [-0.39, 0.29) is 18.4 Å². The second kappa shape index (κ2) is 10.3. The average Bonchev–Trinajstić information content (AvgIpc) is 2.69. The van der Waals surface area contributed by atoms with Crippen molar-refractivity contribution in [3.63, 3.8) is 0 Å². The van der Waals surface area contributed by atoms with Crippen molar-refractivity contribution in [2.45, 2.75) is 26.7 Å². The first-order chi connectivity index (χ1) is 13.4. The molecule has 0 saturated heterocycles. The second-order valence-electron chi connectivity index (χ2n) is 6.71. The minimum Gasteiger partial charge on any atom is -0.493 e. The van der Waals surface area contributed by atoms with Crippen LogP contribution < -0.4 is 19.7 Å². The van der Waals surface area contributed by atoms with Gasteiger partial charge in [-0.05, 0) is 35.7 Å². The smallest absolute Gasteiger partial charge is 0.258 e. The molecule has 0 bridgehead atoms. The number of ether oxygens (including phenoxy) is 2. The number of hydrogen-bond donors (Lipinski definition) is 1. The van der Waals surface area contributed by atoms with E-state index >= 15 is 0 Å². The number of nitrogens with zero attached hydrogens (tertiary/aromatic N) is 1. The summed E-state index contributed by atoms with van der Waals surface area (Å²) >= 11 is 0. The molecular weight excluding hydrogens is 356 g/mol. The summed E-state index contributed by atoms with van der Waals surface area (Å²) in [7, 11) is 1.55. The zero-order chi connectivity index (χ0) is 20.5. The molecule has 6 heteroatoms. The lowest BCUT2D eigenvalue weighted by molar-refractivity contribution is -0.123. The van der Waals surface area contributed by atoms with Gasteiger partial charge in [0.2, 0.25) is 5.91 Å². The van der Waals surface area contributed by atoms with Crippen molar-refractivity contribution >= 4 is 17.5 Å². The lowest BCUT2D eigenvalue weighted by atomic mass is 10.0. The van der Waals surface area contributed by atoms with Gasteiger partial charge in [0.05, 0.1) is 7.11 Å². The van der Waals surface area contributed by atoms with Crippen LogP contribution in [0.15, 0.2) is 48.5 Å². The Morgan fingerprint density at radius 3 is 2.25 bits per heavy atom. The van der Waals surface area contributed by atoms with Gasteiger partial charge in [0.1, 0.15) is 0 Å². The van der Waals surface area contributed by atoms with E-state index in [0.717, 1.165) is 5.69 Å². The maximum absolute atomic E-state index is 12.0. The Morgan fingerprint density at radius 1 is 1.04 bits per heavy atom. The van der Waals surface area contributed by atoms with Crippen molar-refractivity contribution in [3.8, 4) is 11.5 Å². The van der Waals surface area contributed by atoms with Crippen LogP contribution in [0.1, 0.15) is 32.3 Å². The molecule has 0 saturated carbocycles. The molecule has 0 radical (unpaired) electrons. The van der Waals surface area contributed by atoms with Gasteiger partial charge in [-0.2, -0.15) is 0 Å². The Morgan fingerprint density at radius 2 is 1.68 bits per heavy atom. The Bertz CT molecular complexity index is 787. The van der Waals surface area contributed by atoms with Crippen molar-refractivity contribution in [3.05, 3.63) is 54.1 Å². The van der Waals surface area contributed by atoms with E-state index in [1.807, 2.05) is 36.4 Å². The van der Waals surface area contributed by atoms with Crippen molar-refractivity contribution in [1.29, 1.82) is 0 Å². The van der Waals surface area contributed by atoms with Crippen LogP contribution in [0.3, 0.4) is 0 Å². The number of amides is 2. The summed E-state index contributed by atoms with van der Waals surface area (Å²) in [6, 6.07) is 15.1. The molecule has 0 heterocycles. The van der Waals surface area contributed by atoms with E-state index in [4.69, 9.17) is 9.47 Å². The van der Waals surface area contributed by atoms with Gasteiger partial charge in [-0.3, -0.25) is 9.59 Å². The molecule has 2 rings (SSSR count). The molecule has 0 atom stereocenters. The molecule has 0 spiro atoms. The second-order valence-corrected chi connectivity index (χ2v) is 6.71. The number of hydrogen-bond acceptors (Lipinski definition) is 4. The van der Waals surface area contributed by atoms with Crippen LogP contribution in [0, 0.1) is 0 Å². The van der Waals surface area contributed by atoms with Crippen molar-refractivity contribution in [1.82, 2.24) is 5.32 Å². The summed E-state index contributed by atoms with van der Waals surface area (Å²) in [5.41, 5.74) is 2.03. The molecule has 0 aliphatic heterocycles. The van der Waals surface area contributed by atoms with Gasteiger partial charge in [0, 0.05) is 25.7 Å². The highest BCUT2D eigenvalue weighted by molar-refractivity contribution is 5.91. The predicted molar refractivity (Wildman–Crippen MR) is 110 cm³/mol. The molecule has 0 fully saturated rings. The highest BCUT2D eigenvalue weighted by atomic mass is 16.5. The van der Waals surface area contributed by atoms with Gasteiger partial charge in [-0.15, -0.1) is 0 Å². The third-order valence-electron chi connectivity index (χ3n) is 4.34. The quantitative estimate of drug-likeness (QED) is 0.720. The zero-order valence-corrected chi connectivity index (χ0v) is 16.9. The number of benzene rings is 2. The molecule has 0 aromatic heterocycles. The summed E-state index contributed by atoms with van der Waals surface area (Å²) in [5, 5.41) is 2.78. The fourth-order valence-corrected chi connectivity index (χ4v) is 2.75. The summed E-state index contributed by atoms with van der Waals surface area (Å²) in [4.78, 5) is 25.7. The SMILES string of the molecule is COc1ccccc1OCC(=O)NCCN(C(C)=O)c1ccc(C(C)C)cc1. The van der Waals surface area contributed by atoms with E-state index < -0.39 is 0 Å². The summed E-state index contributed by atoms with van der Waals surface area (Å²) in [6.45, 7) is 6.36. The molecule has 2 aromatic carbocycles. The third kappa shape index (κ3) is 6.01. The number of carbonyl (C=O) groups excluding carboxylic acids is 2. The minimum absolute atomic E-state index is 0.0724. The first kappa shape index (κ1) is 21.3. The maximum Gasteiger partial charge on any atom is 0.258 e. The first-order valence-corrected chi connectivity index (χ1v) is 9.33. The largest absolute Gasteiger partial charge is 0.493 e. The van der Waals surface area contributed by atoms with E-state index in [2.05, 4.69) is 19.2 Å². The molecule has 2 amide bonds. The normalized spacial score (nSPS) is 10.5. The van der Waals surface area contributed by atoms with E-state index in [9.17, 15) is 9.59 Å². The fourth-order valence-electron chi connectivity index (χ4n) is 2.75. The molecule has 2 aromatic rings. The summed E-state index contributed by atoms with van der Waals surface area (Å²) in [5.74, 6) is 1.18. The summed E-state index contributed by atoms with van der Waals surface area (Å²) in [6.07, 6.45) is 0. The molecule has 6 nitrogen and oxygen atoms in total. The number of rotatable bonds is 9. The highest BCUT2D eigenvalue weighted by Gasteiger charge is 2.13. The number of anilines is 1. The van der Waals surface area contributed by atoms with Gasteiger partial charge in [-0.1, -0.05) is 38.1 Å². The van der Waals surface area contributed by atoms with Crippen LogP contribution in [0.25, 0.3) is 0 Å².